The van der Waals surface area contributed by atoms with Crippen molar-refractivity contribution in [2.45, 2.75) is 40.5 Å². The van der Waals surface area contributed by atoms with E-state index in [0.717, 1.165) is 42.9 Å². The zero-order valence-corrected chi connectivity index (χ0v) is 11.9. The largest absolute Gasteiger partial charge is 0.370 e. The summed E-state index contributed by atoms with van der Waals surface area (Å²) < 4.78 is 0. The van der Waals surface area contributed by atoms with Gasteiger partial charge in [0.25, 0.3) is 0 Å². The van der Waals surface area contributed by atoms with Crippen molar-refractivity contribution in [2.75, 3.05) is 23.7 Å². The molecule has 2 N–H and O–H groups in total. The molecule has 0 aliphatic heterocycles. The lowest BCUT2D eigenvalue weighted by molar-refractivity contribution is 0.573. The molecule has 18 heavy (non-hydrogen) atoms. The third-order valence-corrected chi connectivity index (χ3v) is 3.63. The van der Waals surface area contributed by atoms with Crippen molar-refractivity contribution in [3.05, 3.63) is 11.8 Å². The van der Waals surface area contributed by atoms with Crippen LogP contribution < -0.4 is 10.6 Å². The van der Waals surface area contributed by atoms with Crippen molar-refractivity contribution in [3.8, 4) is 0 Å². The van der Waals surface area contributed by atoms with E-state index in [1.54, 1.807) is 0 Å². The lowest BCUT2D eigenvalue weighted by atomic mass is 10.1. The van der Waals surface area contributed by atoms with Gasteiger partial charge >= 0.3 is 0 Å². The fraction of sp³-hybridized carbons (Fsp3) is 0.714. The summed E-state index contributed by atoms with van der Waals surface area (Å²) in [7, 11) is 0. The Morgan fingerprint density at radius 1 is 1.33 bits per heavy atom. The molecule has 1 aliphatic carbocycles. The summed E-state index contributed by atoms with van der Waals surface area (Å²) >= 11 is 0. The van der Waals surface area contributed by atoms with E-state index < -0.39 is 0 Å². The summed E-state index contributed by atoms with van der Waals surface area (Å²) in [5.74, 6) is 2.44. The maximum absolute atomic E-state index is 4.49. The van der Waals surface area contributed by atoms with Gasteiger partial charge in [0.05, 0.1) is 0 Å². The average Bonchev–Trinajstić information content (AvgIpc) is 2.91. The van der Waals surface area contributed by atoms with Gasteiger partial charge in [0.2, 0.25) is 5.95 Å². The van der Waals surface area contributed by atoms with Crippen LogP contribution in [0.3, 0.4) is 0 Å². The van der Waals surface area contributed by atoms with Gasteiger partial charge in [-0.2, -0.15) is 4.98 Å². The number of nitrogens with one attached hydrogen (secondary N) is 2. The molecule has 1 aromatic rings. The van der Waals surface area contributed by atoms with Crippen LogP contribution in [-0.4, -0.2) is 23.1 Å². The molecule has 1 unspecified atom stereocenters. The molecule has 0 amide bonds. The van der Waals surface area contributed by atoms with Gasteiger partial charge in [-0.15, -0.1) is 0 Å². The number of aryl methyl sites for hydroxylation is 1. The predicted molar refractivity (Wildman–Crippen MR) is 75.9 cm³/mol. The Balaban J connectivity index is 1.93. The van der Waals surface area contributed by atoms with Crippen LogP contribution in [0.2, 0.25) is 0 Å². The highest BCUT2D eigenvalue weighted by molar-refractivity contribution is 5.42. The second kappa shape index (κ2) is 5.12. The van der Waals surface area contributed by atoms with Gasteiger partial charge in [-0.05, 0) is 31.1 Å². The van der Waals surface area contributed by atoms with Crippen molar-refractivity contribution >= 4 is 11.8 Å². The number of nitrogens with zero attached hydrogens (tertiary/aromatic N) is 2. The smallest absolute Gasteiger partial charge is 0.224 e. The van der Waals surface area contributed by atoms with Crippen molar-refractivity contribution in [3.63, 3.8) is 0 Å². The van der Waals surface area contributed by atoms with Crippen LogP contribution in [0, 0.1) is 18.3 Å². The first-order chi connectivity index (χ1) is 8.51. The number of hydrogen-bond acceptors (Lipinski definition) is 4. The maximum Gasteiger partial charge on any atom is 0.224 e. The van der Waals surface area contributed by atoms with Crippen molar-refractivity contribution < 1.29 is 0 Å². The Kier molecular flexibility index (Phi) is 3.73. The van der Waals surface area contributed by atoms with Crippen LogP contribution in [0.5, 0.6) is 0 Å². The minimum Gasteiger partial charge on any atom is -0.370 e. The van der Waals surface area contributed by atoms with E-state index in [1.807, 2.05) is 13.0 Å². The van der Waals surface area contributed by atoms with E-state index in [2.05, 4.69) is 41.4 Å². The van der Waals surface area contributed by atoms with Crippen LogP contribution in [-0.2, 0) is 0 Å². The third-order valence-electron chi connectivity index (χ3n) is 3.63. The number of rotatable bonds is 6. The molecular weight excluding hydrogens is 224 g/mol. The first-order valence-electron chi connectivity index (χ1n) is 6.84. The van der Waals surface area contributed by atoms with E-state index in [1.165, 1.54) is 6.42 Å². The van der Waals surface area contributed by atoms with E-state index >= 15 is 0 Å². The fourth-order valence-corrected chi connectivity index (χ4v) is 2.13. The fourth-order valence-electron chi connectivity index (χ4n) is 2.13. The van der Waals surface area contributed by atoms with Crippen molar-refractivity contribution in [1.29, 1.82) is 0 Å². The molecule has 4 heteroatoms. The zero-order valence-electron chi connectivity index (χ0n) is 11.9. The topological polar surface area (TPSA) is 49.8 Å². The van der Waals surface area contributed by atoms with Crippen LogP contribution in [0.4, 0.5) is 11.8 Å². The molecule has 1 aromatic heterocycles. The van der Waals surface area contributed by atoms with Gasteiger partial charge in [0, 0.05) is 24.8 Å². The maximum atomic E-state index is 4.49. The van der Waals surface area contributed by atoms with E-state index in [-0.39, 0.29) is 0 Å². The minimum absolute atomic E-state index is 0.512. The molecule has 0 saturated heterocycles. The van der Waals surface area contributed by atoms with E-state index in [4.69, 9.17) is 0 Å². The molecule has 1 saturated carbocycles. The molecular formula is C14H24N4. The van der Waals surface area contributed by atoms with Crippen LogP contribution in [0.15, 0.2) is 6.07 Å². The molecule has 0 bridgehead atoms. The number of hydrogen-bond donors (Lipinski definition) is 2. The quantitative estimate of drug-likeness (QED) is 0.812. The van der Waals surface area contributed by atoms with Crippen LogP contribution in [0.25, 0.3) is 0 Å². The number of anilines is 2. The standard InChI is InChI=1S/C14H24N4/c1-5-6-15-13-17-10(2)7-12(18-13)16-9-11-8-14(11,3)4/h7,11H,5-6,8-9H2,1-4H3,(H2,15,16,17,18). The molecule has 1 fully saturated rings. The Morgan fingerprint density at radius 3 is 2.67 bits per heavy atom. The minimum atomic E-state index is 0.512. The van der Waals surface area contributed by atoms with Gasteiger partial charge < -0.3 is 10.6 Å². The summed E-state index contributed by atoms with van der Waals surface area (Å²) in [4.78, 5) is 8.87. The second-order valence-corrected chi connectivity index (χ2v) is 5.92. The zero-order chi connectivity index (χ0) is 13.2. The molecule has 0 spiro atoms. The summed E-state index contributed by atoms with van der Waals surface area (Å²) in [6.07, 6.45) is 2.39. The molecule has 0 aromatic carbocycles. The molecule has 1 heterocycles. The Labute approximate surface area is 110 Å². The summed E-state index contributed by atoms with van der Waals surface area (Å²) in [6.45, 7) is 10.7. The molecule has 2 rings (SSSR count). The summed E-state index contributed by atoms with van der Waals surface area (Å²) in [5, 5.41) is 6.66. The first kappa shape index (κ1) is 13.1. The van der Waals surface area contributed by atoms with E-state index in [9.17, 15) is 0 Å². The van der Waals surface area contributed by atoms with Gasteiger partial charge in [-0.25, -0.2) is 4.98 Å². The summed E-state index contributed by atoms with van der Waals surface area (Å²) in [5.41, 5.74) is 1.51. The third kappa shape index (κ3) is 3.34. The molecule has 4 nitrogen and oxygen atoms in total. The highest BCUT2D eigenvalue weighted by Gasteiger charge is 2.44. The normalized spacial score (nSPS) is 20.6. The lowest BCUT2D eigenvalue weighted by Gasteiger charge is -2.10. The molecule has 0 radical (unpaired) electrons. The van der Waals surface area contributed by atoms with Gasteiger partial charge in [0.15, 0.2) is 0 Å². The highest BCUT2D eigenvalue weighted by Crippen LogP contribution is 2.51. The van der Waals surface area contributed by atoms with Crippen LogP contribution >= 0.6 is 0 Å². The molecule has 1 aliphatic rings. The van der Waals surface area contributed by atoms with Crippen LogP contribution in [0.1, 0.15) is 39.3 Å². The van der Waals surface area contributed by atoms with Gasteiger partial charge in [-0.1, -0.05) is 20.8 Å². The Hall–Kier alpha value is -1.32. The van der Waals surface area contributed by atoms with Crippen molar-refractivity contribution in [1.82, 2.24) is 9.97 Å². The average molecular weight is 248 g/mol. The second-order valence-electron chi connectivity index (χ2n) is 5.92. The van der Waals surface area contributed by atoms with Crippen molar-refractivity contribution in [2.24, 2.45) is 11.3 Å². The SMILES string of the molecule is CCCNc1nc(C)cc(NCC2CC2(C)C)n1. The predicted octanol–water partition coefficient (Wildman–Crippen LogP) is 3.06. The Morgan fingerprint density at radius 2 is 2.06 bits per heavy atom. The highest BCUT2D eigenvalue weighted by atomic mass is 15.1. The van der Waals surface area contributed by atoms with Gasteiger partial charge in [0.1, 0.15) is 5.82 Å². The molecule has 100 valence electrons. The lowest BCUT2D eigenvalue weighted by Crippen LogP contribution is -2.11. The van der Waals surface area contributed by atoms with E-state index in [0.29, 0.717) is 5.41 Å². The first-order valence-corrected chi connectivity index (χ1v) is 6.84. The Bertz CT molecular complexity index is 414. The number of aromatic nitrogens is 2. The monoisotopic (exact) mass is 248 g/mol. The molecule has 1 atom stereocenters. The van der Waals surface area contributed by atoms with Gasteiger partial charge in [-0.3, -0.25) is 0 Å². The summed E-state index contributed by atoms with van der Waals surface area (Å²) in [6, 6.07) is 2.01.